The molecule has 0 bridgehead atoms. The number of fused-ring (bicyclic) bond motifs is 3. The Kier molecular flexibility index (Phi) is 6.22. The van der Waals surface area contributed by atoms with Crippen LogP contribution in [-0.2, 0) is 0 Å². The van der Waals surface area contributed by atoms with Crippen molar-refractivity contribution in [2.75, 3.05) is 40.4 Å². The Morgan fingerprint density at radius 3 is 2.03 bits per heavy atom. The van der Waals surface area contributed by atoms with Crippen molar-refractivity contribution in [3.63, 3.8) is 0 Å². The van der Waals surface area contributed by atoms with E-state index in [1.54, 1.807) is 32.4 Å². The second kappa shape index (κ2) is 9.71. The first-order valence-corrected chi connectivity index (χ1v) is 13.3. The summed E-state index contributed by atoms with van der Waals surface area (Å²) >= 11 is 0. The molecule has 3 aromatic rings. The summed E-state index contributed by atoms with van der Waals surface area (Å²) < 4.78 is 10.8. The maximum Gasteiger partial charge on any atom is 0.318 e. The minimum absolute atomic E-state index is 0.0157. The van der Waals surface area contributed by atoms with Gasteiger partial charge in [-0.15, -0.1) is 0 Å². The fourth-order valence-electron chi connectivity index (χ4n) is 6.38. The Bertz CT molecular complexity index is 1330. The van der Waals surface area contributed by atoms with E-state index in [2.05, 4.69) is 29.6 Å². The summed E-state index contributed by atoms with van der Waals surface area (Å²) in [5, 5.41) is 3.32. The van der Waals surface area contributed by atoms with E-state index in [4.69, 9.17) is 9.47 Å². The van der Waals surface area contributed by atoms with Crippen molar-refractivity contribution in [1.82, 2.24) is 15.1 Å². The second-order valence-corrected chi connectivity index (χ2v) is 10.6. The molecule has 0 aromatic heterocycles. The molecule has 6 rings (SSSR count). The fraction of sp³-hybridized carbons (Fsp3) is 0.355. The highest BCUT2D eigenvalue weighted by Gasteiger charge is 2.43. The number of likely N-dealkylation sites (tertiary alicyclic amines) is 2. The maximum absolute atomic E-state index is 13.5. The Morgan fingerprint density at radius 2 is 1.42 bits per heavy atom. The van der Waals surface area contributed by atoms with Crippen LogP contribution in [0.4, 0.5) is 4.79 Å². The van der Waals surface area contributed by atoms with Gasteiger partial charge in [0.05, 0.1) is 25.8 Å². The van der Waals surface area contributed by atoms with Gasteiger partial charge in [0.25, 0.3) is 5.91 Å². The molecule has 0 saturated carbocycles. The molecule has 3 amide bonds. The van der Waals surface area contributed by atoms with Crippen molar-refractivity contribution in [1.29, 1.82) is 0 Å². The first-order chi connectivity index (χ1) is 18.5. The van der Waals surface area contributed by atoms with Crippen LogP contribution < -0.4 is 14.8 Å². The number of piperidine rings is 1. The van der Waals surface area contributed by atoms with Gasteiger partial charge in [-0.05, 0) is 65.1 Å². The quantitative estimate of drug-likeness (QED) is 0.528. The first-order valence-electron chi connectivity index (χ1n) is 13.3. The minimum Gasteiger partial charge on any atom is -0.497 e. The maximum atomic E-state index is 13.5. The van der Waals surface area contributed by atoms with E-state index in [0.29, 0.717) is 30.2 Å². The molecule has 1 N–H and O–H groups in total. The minimum atomic E-state index is -0.135. The molecule has 1 spiro atoms. The van der Waals surface area contributed by atoms with Gasteiger partial charge in [0.1, 0.15) is 11.5 Å². The van der Waals surface area contributed by atoms with Crippen LogP contribution in [-0.4, -0.2) is 62.1 Å². The normalized spacial score (nSPS) is 17.7. The Labute approximate surface area is 223 Å². The van der Waals surface area contributed by atoms with Crippen LogP contribution in [0.2, 0.25) is 0 Å². The number of carbonyl (C=O) groups is 2. The van der Waals surface area contributed by atoms with Gasteiger partial charge in [-0.25, -0.2) is 4.79 Å². The molecule has 3 aliphatic rings. The van der Waals surface area contributed by atoms with Gasteiger partial charge in [-0.3, -0.25) is 4.79 Å². The molecule has 3 aromatic carbocycles. The zero-order valence-electron chi connectivity index (χ0n) is 21.9. The number of rotatable bonds is 4. The molecule has 0 unspecified atom stereocenters. The highest BCUT2D eigenvalue weighted by molar-refractivity contribution is 5.97. The Balaban J connectivity index is 1.11. The zero-order chi connectivity index (χ0) is 26.3. The molecule has 2 fully saturated rings. The van der Waals surface area contributed by atoms with Crippen molar-refractivity contribution < 1.29 is 19.1 Å². The summed E-state index contributed by atoms with van der Waals surface area (Å²) in [6, 6.07) is 21.8. The first kappa shape index (κ1) is 24.3. The number of ether oxygens (including phenoxy) is 2. The number of methoxy groups -OCH3 is 2. The molecule has 2 aliphatic heterocycles. The summed E-state index contributed by atoms with van der Waals surface area (Å²) in [7, 11) is 3.16. The monoisotopic (exact) mass is 511 g/mol. The molecular formula is C31H33N3O4. The van der Waals surface area contributed by atoms with Crippen LogP contribution in [0.3, 0.4) is 0 Å². The van der Waals surface area contributed by atoms with Gasteiger partial charge < -0.3 is 24.6 Å². The van der Waals surface area contributed by atoms with E-state index in [0.717, 1.165) is 43.5 Å². The van der Waals surface area contributed by atoms with Gasteiger partial charge in [0, 0.05) is 26.2 Å². The summed E-state index contributed by atoms with van der Waals surface area (Å²) in [4.78, 5) is 30.7. The predicted octanol–water partition coefficient (Wildman–Crippen LogP) is 5.11. The SMILES string of the molecule is COc1ccc(OC)c(C(=O)N2CCC3(CCN(C(=O)NC4c5ccccc5-c5ccccc54)C3)CC2)c1. The molecule has 38 heavy (non-hydrogen) atoms. The van der Waals surface area contributed by atoms with Gasteiger partial charge in [0.2, 0.25) is 0 Å². The number of nitrogens with one attached hydrogen (secondary N) is 1. The molecule has 2 saturated heterocycles. The van der Waals surface area contributed by atoms with Gasteiger partial charge in [-0.1, -0.05) is 48.5 Å². The van der Waals surface area contributed by atoms with Crippen LogP contribution in [0, 0.1) is 5.41 Å². The number of benzene rings is 3. The number of amides is 3. The van der Waals surface area contributed by atoms with Gasteiger partial charge in [-0.2, -0.15) is 0 Å². The molecule has 0 atom stereocenters. The zero-order valence-corrected chi connectivity index (χ0v) is 21.9. The molecule has 2 heterocycles. The van der Waals surface area contributed by atoms with Crippen LogP contribution in [0.15, 0.2) is 66.7 Å². The largest absolute Gasteiger partial charge is 0.497 e. The highest BCUT2D eigenvalue weighted by Crippen LogP contribution is 2.44. The van der Waals surface area contributed by atoms with E-state index in [9.17, 15) is 9.59 Å². The smallest absolute Gasteiger partial charge is 0.318 e. The van der Waals surface area contributed by atoms with Crippen molar-refractivity contribution in [2.45, 2.75) is 25.3 Å². The predicted molar refractivity (Wildman–Crippen MR) is 146 cm³/mol. The van der Waals surface area contributed by atoms with Gasteiger partial charge >= 0.3 is 6.03 Å². The summed E-state index contributed by atoms with van der Waals surface area (Å²) in [6.07, 6.45) is 2.72. The van der Waals surface area contributed by atoms with E-state index >= 15 is 0 Å². The third kappa shape index (κ3) is 4.16. The summed E-state index contributed by atoms with van der Waals surface area (Å²) in [6.45, 7) is 2.79. The van der Waals surface area contributed by atoms with Crippen LogP contribution in [0.1, 0.15) is 46.8 Å². The van der Waals surface area contributed by atoms with E-state index in [-0.39, 0.29) is 23.4 Å². The molecular weight excluding hydrogens is 478 g/mol. The number of hydrogen-bond acceptors (Lipinski definition) is 4. The van der Waals surface area contributed by atoms with Crippen LogP contribution in [0.25, 0.3) is 11.1 Å². The summed E-state index contributed by atoms with van der Waals surface area (Å²) in [5.41, 5.74) is 5.25. The molecule has 7 nitrogen and oxygen atoms in total. The number of carbonyl (C=O) groups excluding carboxylic acids is 2. The lowest BCUT2D eigenvalue weighted by Gasteiger charge is -2.39. The molecule has 196 valence electrons. The lowest BCUT2D eigenvalue weighted by Crippen LogP contribution is -2.46. The average molecular weight is 512 g/mol. The van der Waals surface area contributed by atoms with Crippen molar-refractivity contribution in [2.24, 2.45) is 5.41 Å². The van der Waals surface area contributed by atoms with Crippen LogP contribution in [0.5, 0.6) is 11.5 Å². The van der Waals surface area contributed by atoms with Crippen molar-refractivity contribution in [3.8, 4) is 22.6 Å². The molecule has 1 aliphatic carbocycles. The third-order valence-electron chi connectivity index (χ3n) is 8.58. The fourth-order valence-corrected chi connectivity index (χ4v) is 6.38. The number of hydrogen-bond donors (Lipinski definition) is 1. The third-order valence-corrected chi connectivity index (χ3v) is 8.58. The lowest BCUT2D eigenvalue weighted by molar-refractivity contribution is 0.0590. The van der Waals surface area contributed by atoms with E-state index in [1.165, 1.54) is 11.1 Å². The van der Waals surface area contributed by atoms with E-state index < -0.39 is 0 Å². The standard InChI is InChI=1S/C31H33N3O4/c1-37-21-11-12-27(38-2)26(19-21)29(35)33-16-13-31(14-17-33)15-18-34(20-31)30(36)32-28-24-9-5-3-7-22(24)23-8-4-6-10-25(23)28/h3-12,19,28H,13-18,20H2,1-2H3,(H,32,36). The van der Waals surface area contributed by atoms with Crippen molar-refractivity contribution >= 4 is 11.9 Å². The lowest BCUT2D eigenvalue weighted by atomic mass is 9.77. The topological polar surface area (TPSA) is 71.1 Å². The number of urea groups is 1. The van der Waals surface area contributed by atoms with E-state index in [1.807, 2.05) is 34.1 Å². The van der Waals surface area contributed by atoms with Crippen LogP contribution >= 0.6 is 0 Å². The Hall–Kier alpha value is -4.00. The number of nitrogens with zero attached hydrogens (tertiary/aromatic N) is 2. The highest BCUT2D eigenvalue weighted by atomic mass is 16.5. The average Bonchev–Trinajstić information content (AvgIpc) is 3.52. The Morgan fingerprint density at radius 1 is 0.816 bits per heavy atom. The van der Waals surface area contributed by atoms with Crippen molar-refractivity contribution in [3.05, 3.63) is 83.4 Å². The van der Waals surface area contributed by atoms with Gasteiger partial charge in [0.15, 0.2) is 0 Å². The summed E-state index contributed by atoms with van der Waals surface area (Å²) in [5.74, 6) is 1.14. The second-order valence-electron chi connectivity index (χ2n) is 10.6. The molecule has 0 radical (unpaired) electrons. The molecule has 7 heteroatoms.